The first-order chi connectivity index (χ1) is 8.70. The van der Waals surface area contributed by atoms with Gasteiger partial charge in [-0.15, -0.1) is 0 Å². The summed E-state index contributed by atoms with van der Waals surface area (Å²) in [5.74, 6) is 0.596. The van der Waals surface area contributed by atoms with Gasteiger partial charge in [0.1, 0.15) is 0 Å². The zero-order valence-electron chi connectivity index (χ0n) is 10.5. The Bertz CT molecular complexity index is 406. The number of furan rings is 1. The van der Waals surface area contributed by atoms with E-state index in [0.717, 1.165) is 25.9 Å². The average Bonchev–Trinajstić information content (AvgIpc) is 2.92. The first-order valence-electron chi connectivity index (χ1n) is 6.21. The minimum Gasteiger partial charge on any atom is -0.461 e. The fourth-order valence-corrected chi connectivity index (χ4v) is 2.28. The van der Waals surface area contributed by atoms with Gasteiger partial charge in [-0.05, 0) is 38.1 Å². The van der Waals surface area contributed by atoms with Gasteiger partial charge in [-0.3, -0.25) is 14.5 Å². The summed E-state index contributed by atoms with van der Waals surface area (Å²) in [7, 11) is 1.66. The normalized spacial score (nSPS) is 17.6. The van der Waals surface area contributed by atoms with Crippen LogP contribution in [0.1, 0.15) is 23.4 Å². The number of carbonyl (C=O) groups is 2. The molecule has 1 aliphatic heterocycles. The molecule has 0 radical (unpaired) electrons. The van der Waals surface area contributed by atoms with E-state index in [4.69, 9.17) is 4.42 Å². The van der Waals surface area contributed by atoms with Crippen LogP contribution in [0.3, 0.4) is 0 Å². The lowest BCUT2D eigenvalue weighted by Gasteiger charge is -2.30. The number of nitrogens with zero attached hydrogens (tertiary/aromatic N) is 1. The summed E-state index contributed by atoms with van der Waals surface area (Å²) < 4.78 is 5.07. The molecule has 0 atom stereocenters. The molecule has 0 unspecified atom stereocenters. The smallest absolute Gasteiger partial charge is 0.222 e. The highest BCUT2D eigenvalue weighted by molar-refractivity contribution is 5.95. The first kappa shape index (κ1) is 12.8. The van der Waals surface area contributed by atoms with Gasteiger partial charge in [0.15, 0.2) is 5.76 Å². The third-order valence-electron chi connectivity index (χ3n) is 3.37. The summed E-state index contributed by atoms with van der Waals surface area (Å²) in [6.07, 6.45) is 3.13. The maximum atomic E-state index is 11.8. The minimum atomic E-state index is -0.00149. The molecule has 18 heavy (non-hydrogen) atoms. The van der Waals surface area contributed by atoms with E-state index in [9.17, 15) is 9.59 Å². The van der Waals surface area contributed by atoms with Crippen LogP contribution in [-0.4, -0.2) is 43.3 Å². The Morgan fingerprint density at radius 3 is 2.72 bits per heavy atom. The molecule has 1 fully saturated rings. The average molecular weight is 250 g/mol. The largest absolute Gasteiger partial charge is 0.461 e. The van der Waals surface area contributed by atoms with E-state index in [1.807, 2.05) is 0 Å². The van der Waals surface area contributed by atoms with Gasteiger partial charge >= 0.3 is 0 Å². The Kier molecular flexibility index (Phi) is 4.15. The summed E-state index contributed by atoms with van der Waals surface area (Å²) in [5.41, 5.74) is 0. The van der Waals surface area contributed by atoms with E-state index in [1.54, 1.807) is 19.2 Å². The van der Waals surface area contributed by atoms with E-state index in [-0.39, 0.29) is 17.6 Å². The van der Waals surface area contributed by atoms with Gasteiger partial charge in [0.2, 0.25) is 11.7 Å². The van der Waals surface area contributed by atoms with Gasteiger partial charge < -0.3 is 9.73 Å². The Morgan fingerprint density at radius 1 is 1.44 bits per heavy atom. The summed E-state index contributed by atoms with van der Waals surface area (Å²) >= 11 is 0. The minimum absolute atomic E-state index is 0.00149. The summed E-state index contributed by atoms with van der Waals surface area (Å²) in [5, 5.41) is 2.67. The van der Waals surface area contributed by atoms with Gasteiger partial charge in [-0.2, -0.15) is 0 Å². The van der Waals surface area contributed by atoms with Crippen LogP contribution in [0.4, 0.5) is 0 Å². The standard InChI is InChI=1S/C13H18N2O3/c1-14-13(17)10-4-6-15(7-5-10)9-11(16)12-3-2-8-18-12/h2-3,8,10H,4-7,9H2,1H3,(H,14,17). The van der Waals surface area contributed by atoms with E-state index in [2.05, 4.69) is 10.2 Å². The molecule has 1 saturated heterocycles. The quantitative estimate of drug-likeness (QED) is 0.807. The van der Waals surface area contributed by atoms with Gasteiger partial charge in [0.25, 0.3) is 0 Å². The predicted molar refractivity (Wildman–Crippen MR) is 66.3 cm³/mol. The molecule has 2 heterocycles. The molecule has 1 amide bonds. The third-order valence-corrected chi connectivity index (χ3v) is 3.37. The van der Waals surface area contributed by atoms with Crippen LogP contribution in [0.5, 0.6) is 0 Å². The number of hydrogen-bond acceptors (Lipinski definition) is 4. The van der Waals surface area contributed by atoms with Crippen molar-refractivity contribution in [2.24, 2.45) is 5.92 Å². The lowest BCUT2D eigenvalue weighted by molar-refractivity contribution is -0.125. The molecule has 5 heteroatoms. The van der Waals surface area contributed by atoms with E-state index in [1.165, 1.54) is 6.26 Å². The number of amides is 1. The fourth-order valence-electron chi connectivity index (χ4n) is 2.28. The highest BCUT2D eigenvalue weighted by atomic mass is 16.3. The maximum absolute atomic E-state index is 11.8. The third kappa shape index (κ3) is 2.98. The van der Waals surface area contributed by atoms with Crippen molar-refractivity contribution in [1.29, 1.82) is 0 Å². The van der Waals surface area contributed by atoms with Gasteiger partial charge in [-0.25, -0.2) is 0 Å². The van der Waals surface area contributed by atoms with E-state index in [0.29, 0.717) is 12.3 Å². The fraction of sp³-hybridized carbons (Fsp3) is 0.538. The molecule has 0 saturated carbocycles. The van der Waals surface area contributed by atoms with Gasteiger partial charge in [0, 0.05) is 13.0 Å². The highest BCUT2D eigenvalue weighted by Crippen LogP contribution is 2.17. The number of Topliss-reactive ketones (excluding diaryl/α,β-unsaturated/α-hetero) is 1. The molecule has 98 valence electrons. The second kappa shape index (κ2) is 5.82. The van der Waals surface area contributed by atoms with Crippen molar-refractivity contribution in [3.63, 3.8) is 0 Å². The lowest BCUT2D eigenvalue weighted by Crippen LogP contribution is -2.41. The monoisotopic (exact) mass is 250 g/mol. The van der Waals surface area contributed by atoms with Crippen LogP contribution in [-0.2, 0) is 4.79 Å². The zero-order valence-corrected chi connectivity index (χ0v) is 10.5. The van der Waals surface area contributed by atoms with Crippen LogP contribution in [0.2, 0.25) is 0 Å². The summed E-state index contributed by atoms with van der Waals surface area (Å²) in [6, 6.07) is 3.39. The second-order valence-corrected chi connectivity index (χ2v) is 4.57. The van der Waals surface area contributed by atoms with Crippen molar-refractivity contribution >= 4 is 11.7 Å². The zero-order chi connectivity index (χ0) is 13.0. The van der Waals surface area contributed by atoms with Crippen LogP contribution in [0.15, 0.2) is 22.8 Å². The Hall–Kier alpha value is -1.62. The topological polar surface area (TPSA) is 62.6 Å². The van der Waals surface area contributed by atoms with E-state index >= 15 is 0 Å². The Labute approximate surface area is 106 Å². The number of piperidine rings is 1. The molecule has 0 aliphatic carbocycles. The van der Waals surface area contributed by atoms with Crippen molar-refractivity contribution in [1.82, 2.24) is 10.2 Å². The Morgan fingerprint density at radius 2 is 2.17 bits per heavy atom. The van der Waals surface area contributed by atoms with Crippen LogP contribution >= 0.6 is 0 Å². The molecular weight excluding hydrogens is 232 g/mol. The molecule has 0 spiro atoms. The lowest BCUT2D eigenvalue weighted by atomic mass is 9.96. The number of carbonyl (C=O) groups excluding carboxylic acids is 2. The molecule has 5 nitrogen and oxygen atoms in total. The molecule has 2 rings (SSSR count). The molecule has 1 N–H and O–H groups in total. The van der Waals surface area contributed by atoms with Crippen molar-refractivity contribution in [2.45, 2.75) is 12.8 Å². The van der Waals surface area contributed by atoms with E-state index < -0.39 is 0 Å². The van der Waals surface area contributed by atoms with Gasteiger partial charge in [0.05, 0.1) is 12.8 Å². The number of ketones is 1. The van der Waals surface area contributed by atoms with Crippen molar-refractivity contribution in [3.8, 4) is 0 Å². The second-order valence-electron chi connectivity index (χ2n) is 4.57. The number of likely N-dealkylation sites (tertiary alicyclic amines) is 1. The number of rotatable bonds is 4. The molecule has 1 aromatic rings. The van der Waals surface area contributed by atoms with Crippen LogP contribution in [0, 0.1) is 5.92 Å². The van der Waals surface area contributed by atoms with Crippen LogP contribution < -0.4 is 5.32 Å². The first-order valence-corrected chi connectivity index (χ1v) is 6.21. The van der Waals surface area contributed by atoms with Crippen LogP contribution in [0.25, 0.3) is 0 Å². The van der Waals surface area contributed by atoms with Crippen molar-refractivity contribution in [3.05, 3.63) is 24.2 Å². The predicted octanol–water partition coefficient (Wildman–Crippen LogP) is 0.920. The summed E-state index contributed by atoms with van der Waals surface area (Å²) in [4.78, 5) is 25.4. The van der Waals surface area contributed by atoms with Crippen molar-refractivity contribution in [2.75, 3.05) is 26.7 Å². The molecule has 0 aromatic carbocycles. The molecule has 0 bridgehead atoms. The highest BCUT2D eigenvalue weighted by Gasteiger charge is 2.25. The number of hydrogen-bond donors (Lipinski definition) is 1. The Balaban J connectivity index is 1.80. The van der Waals surface area contributed by atoms with Gasteiger partial charge in [-0.1, -0.05) is 0 Å². The molecule has 1 aliphatic rings. The SMILES string of the molecule is CNC(=O)C1CCN(CC(=O)c2ccco2)CC1. The maximum Gasteiger partial charge on any atom is 0.222 e. The van der Waals surface area contributed by atoms with Crippen molar-refractivity contribution < 1.29 is 14.0 Å². The molecule has 1 aromatic heterocycles. The number of nitrogens with one attached hydrogen (secondary N) is 1. The molecular formula is C13H18N2O3. The summed E-state index contributed by atoms with van der Waals surface area (Å²) in [6.45, 7) is 1.93.